The van der Waals surface area contributed by atoms with Crippen LogP contribution in [-0.4, -0.2) is 54.7 Å². The van der Waals surface area contributed by atoms with Crippen molar-refractivity contribution in [3.63, 3.8) is 0 Å². The van der Waals surface area contributed by atoms with E-state index in [4.69, 9.17) is 14.2 Å². The van der Waals surface area contributed by atoms with Gasteiger partial charge in [0.25, 0.3) is 0 Å². The van der Waals surface area contributed by atoms with E-state index in [1.54, 1.807) is 43.6 Å². The topological polar surface area (TPSA) is 106 Å². The zero-order valence-corrected chi connectivity index (χ0v) is 18.3. The van der Waals surface area contributed by atoms with Gasteiger partial charge in [0.15, 0.2) is 0 Å². The molecule has 172 valence electrons. The Balaban J connectivity index is 1.75. The van der Waals surface area contributed by atoms with Crippen LogP contribution in [0.2, 0.25) is 0 Å². The van der Waals surface area contributed by atoms with E-state index >= 15 is 0 Å². The third-order valence-electron chi connectivity index (χ3n) is 5.55. The van der Waals surface area contributed by atoms with Crippen LogP contribution in [0, 0.1) is 5.82 Å². The SMILES string of the molecule is COC(=O)c1cc(F)ccc1NC(=O)N1CCc2[nH]cnc2[C@@H]1c1cc(OC)ccc1OC. The van der Waals surface area contributed by atoms with E-state index in [2.05, 4.69) is 15.3 Å². The number of nitrogens with one attached hydrogen (secondary N) is 2. The number of hydrogen-bond donors (Lipinski definition) is 2. The van der Waals surface area contributed by atoms with Crippen LogP contribution < -0.4 is 14.8 Å². The molecule has 9 nitrogen and oxygen atoms in total. The molecular weight excluding hydrogens is 431 g/mol. The summed E-state index contributed by atoms with van der Waals surface area (Å²) in [5, 5.41) is 2.72. The molecule has 2 heterocycles. The molecule has 0 fully saturated rings. The van der Waals surface area contributed by atoms with Crippen LogP contribution >= 0.6 is 0 Å². The molecule has 0 radical (unpaired) electrons. The smallest absolute Gasteiger partial charge is 0.340 e. The summed E-state index contributed by atoms with van der Waals surface area (Å²) in [6.45, 7) is 0.362. The molecule has 0 saturated carbocycles. The number of benzene rings is 2. The summed E-state index contributed by atoms with van der Waals surface area (Å²) >= 11 is 0. The Kier molecular flexibility index (Phi) is 6.16. The van der Waals surface area contributed by atoms with Crippen molar-refractivity contribution in [1.29, 1.82) is 0 Å². The number of esters is 1. The predicted octanol–water partition coefficient (Wildman–Crippen LogP) is 3.53. The first-order valence-electron chi connectivity index (χ1n) is 10.2. The van der Waals surface area contributed by atoms with Crippen molar-refractivity contribution in [3.05, 3.63) is 71.1 Å². The van der Waals surface area contributed by atoms with Gasteiger partial charge in [-0.15, -0.1) is 0 Å². The predicted molar refractivity (Wildman–Crippen MR) is 117 cm³/mol. The van der Waals surface area contributed by atoms with Gasteiger partial charge in [-0.1, -0.05) is 0 Å². The number of aromatic nitrogens is 2. The average Bonchev–Trinajstić information content (AvgIpc) is 3.32. The molecule has 4 rings (SSSR count). The maximum Gasteiger partial charge on any atom is 0.340 e. The van der Waals surface area contributed by atoms with E-state index in [9.17, 15) is 14.0 Å². The van der Waals surface area contributed by atoms with Gasteiger partial charge >= 0.3 is 12.0 Å². The van der Waals surface area contributed by atoms with Crippen molar-refractivity contribution in [2.24, 2.45) is 0 Å². The molecule has 0 spiro atoms. The number of halogens is 1. The molecule has 0 saturated heterocycles. The highest BCUT2D eigenvalue weighted by molar-refractivity contribution is 6.01. The lowest BCUT2D eigenvalue weighted by atomic mass is 9.95. The number of H-pyrrole nitrogens is 1. The Morgan fingerprint density at radius 2 is 1.97 bits per heavy atom. The van der Waals surface area contributed by atoms with Crippen LogP contribution in [0.4, 0.5) is 14.9 Å². The first-order chi connectivity index (χ1) is 16.0. The highest BCUT2D eigenvalue weighted by atomic mass is 19.1. The Morgan fingerprint density at radius 1 is 1.15 bits per heavy atom. The van der Waals surface area contributed by atoms with Crippen molar-refractivity contribution in [2.45, 2.75) is 12.5 Å². The number of hydrogen-bond acceptors (Lipinski definition) is 6. The summed E-state index contributed by atoms with van der Waals surface area (Å²) in [6.07, 6.45) is 2.14. The van der Waals surface area contributed by atoms with Crippen LogP contribution in [0.15, 0.2) is 42.7 Å². The molecule has 2 amide bonds. The number of nitrogens with zero attached hydrogens (tertiary/aromatic N) is 2. The summed E-state index contributed by atoms with van der Waals surface area (Å²) in [5.41, 5.74) is 2.32. The molecule has 1 aromatic heterocycles. The second-order valence-corrected chi connectivity index (χ2v) is 7.33. The second kappa shape index (κ2) is 9.19. The maximum absolute atomic E-state index is 13.7. The second-order valence-electron chi connectivity index (χ2n) is 7.33. The first-order valence-corrected chi connectivity index (χ1v) is 10.2. The molecule has 10 heteroatoms. The number of carbonyl (C=O) groups is 2. The standard InChI is InChI=1S/C23H23FN4O5/c1-31-14-5-7-19(32-2)16(11-14)21-20-18(25-12-26-20)8-9-28(21)23(30)27-17-6-4-13(24)10-15(17)22(29)33-3/h4-7,10-12,21H,8-9H2,1-3H3,(H,25,26)(H,27,30)/t21-/m0/s1. The summed E-state index contributed by atoms with van der Waals surface area (Å²) in [5.74, 6) is -0.220. The monoisotopic (exact) mass is 454 g/mol. The Morgan fingerprint density at radius 3 is 2.70 bits per heavy atom. The van der Waals surface area contributed by atoms with Crippen LogP contribution in [0.5, 0.6) is 11.5 Å². The number of urea groups is 1. The van der Waals surface area contributed by atoms with Gasteiger partial charge < -0.3 is 29.4 Å². The van der Waals surface area contributed by atoms with Crippen LogP contribution in [0.3, 0.4) is 0 Å². The van der Waals surface area contributed by atoms with Crippen molar-refractivity contribution in [3.8, 4) is 11.5 Å². The number of fused-ring (bicyclic) bond motifs is 1. The minimum absolute atomic E-state index is 0.0844. The number of rotatable bonds is 5. The lowest BCUT2D eigenvalue weighted by Gasteiger charge is -2.36. The highest BCUT2D eigenvalue weighted by Gasteiger charge is 2.36. The lowest BCUT2D eigenvalue weighted by Crippen LogP contribution is -2.43. The minimum atomic E-state index is -0.760. The summed E-state index contributed by atoms with van der Waals surface area (Å²) in [6, 6.07) is 7.75. The van der Waals surface area contributed by atoms with Gasteiger partial charge in [0, 0.05) is 24.2 Å². The minimum Gasteiger partial charge on any atom is -0.497 e. The number of aromatic amines is 1. The molecule has 1 aliphatic rings. The van der Waals surface area contributed by atoms with E-state index in [1.807, 2.05) is 0 Å². The van der Waals surface area contributed by atoms with Crippen LogP contribution in [-0.2, 0) is 11.2 Å². The fourth-order valence-electron chi connectivity index (χ4n) is 3.95. The lowest BCUT2D eigenvalue weighted by molar-refractivity contribution is 0.0601. The highest BCUT2D eigenvalue weighted by Crippen LogP contribution is 2.40. The normalized spacial score (nSPS) is 14.9. The van der Waals surface area contributed by atoms with Gasteiger partial charge in [-0.25, -0.2) is 19.0 Å². The number of imidazole rings is 1. The van der Waals surface area contributed by atoms with E-state index < -0.39 is 23.9 Å². The Labute approximate surface area is 189 Å². The molecule has 33 heavy (non-hydrogen) atoms. The quantitative estimate of drug-likeness (QED) is 0.572. The number of methoxy groups -OCH3 is 3. The van der Waals surface area contributed by atoms with Gasteiger partial charge in [0.2, 0.25) is 0 Å². The zero-order chi connectivity index (χ0) is 23.5. The fraction of sp³-hybridized carbons (Fsp3) is 0.261. The third kappa shape index (κ3) is 4.19. The third-order valence-corrected chi connectivity index (χ3v) is 5.55. The maximum atomic E-state index is 13.7. The average molecular weight is 454 g/mol. The molecule has 2 N–H and O–H groups in total. The van der Waals surface area contributed by atoms with Gasteiger partial charge in [0.1, 0.15) is 23.4 Å². The molecule has 1 aliphatic heterocycles. The summed E-state index contributed by atoms with van der Waals surface area (Å²) < 4.78 is 29.4. The zero-order valence-electron chi connectivity index (χ0n) is 18.3. The van der Waals surface area contributed by atoms with Gasteiger partial charge in [-0.3, -0.25) is 0 Å². The molecule has 1 atom stereocenters. The van der Waals surface area contributed by atoms with E-state index in [0.29, 0.717) is 35.7 Å². The fourth-order valence-corrected chi connectivity index (χ4v) is 3.95. The molecular formula is C23H23FN4O5. The van der Waals surface area contributed by atoms with Gasteiger partial charge in [-0.05, 0) is 36.4 Å². The Bertz CT molecular complexity index is 1200. The number of amides is 2. The number of ether oxygens (including phenoxy) is 3. The van der Waals surface area contributed by atoms with Crippen LogP contribution in [0.25, 0.3) is 0 Å². The first kappa shape index (κ1) is 22.1. The van der Waals surface area contributed by atoms with Crippen molar-refractivity contribution in [2.75, 3.05) is 33.2 Å². The van der Waals surface area contributed by atoms with E-state index in [0.717, 1.165) is 17.8 Å². The Hall–Kier alpha value is -4.08. The molecule has 0 unspecified atom stereocenters. The van der Waals surface area contributed by atoms with E-state index in [-0.39, 0.29) is 11.3 Å². The van der Waals surface area contributed by atoms with Crippen molar-refractivity contribution in [1.82, 2.24) is 14.9 Å². The van der Waals surface area contributed by atoms with Crippen LogP contribution in [0.1, 0.15) is 33.4 Å². The summed E-state index contributed by atoms with van der Waals surface area (Å²) in [4.78, 5) is 34.7. The van der Waals surface area contributed by atoms with Gasteiger partial charge in [-0.2, -0.15) is 0 Å². The van der Waals surface area contributed by atoms with E-state index in [1.165, 1.54) is 13.2 Å². The molecule has 0 aliphatic carbocycles. The number of anilines is 1. The molecule has 2 aromatic carbocycles. The number of carbonyl (C=O) groups excluding carboxylic acids is 2. The molecule has 0 bridgehead atoms. The largest absolute Gasteiger partial charge is 0.497 e. The molecule has 3 aromatic rings. The van der Waals surface area contributed by atoms with Crippen molar-refractivity contribution >= 4 is 17.7 Å². The van der Waals surface area contributed by atoms with Crippen molar-refractivity contribution < 1.29 is 28.2 Å². The van der Waals surface area contributed by atoms with Gasteiger partial charge in [0.05, 0.1) is 44.6 Å². The summed E-state index contributed by atoms with van der Waals surface area (Å²) in [7, 11) is 4.29.